The Hall–Kier alpha value is -2.27. The van der Waals surface area contributed by atoms with Crippen LogP contribution in [-0.2, 0) is 0 Å². The molecule has 3 rings (SSSR count). The van der Waals surface area contributed by atoms with Crippen LogP contribution >= 0.6 is 15.9 Å². The number of anilines is 1. The Balaban J connectivity index is 2.04. The first-order valence-corrected chi connectivity index (χ1v) is 7.13. The second kappa shape index (κ2) is 5.61. The fourth-order valence-corrected chi connectivity index (χ4v) is 2.50. The van der Waals surface area contributed by atoms with Gasteiger partial charge in [0.1, 0.15) is 17.0 Å². The van der Waals surface area contributed by atoms with Gasteiger partial charge in [0.25, 0.3) is 0 Å². The number of aromatic nitrogens is 1. The molecule has 0 fully saturated rings. The third-order valence-electron chi connectivity index (χ3n) is 3.13. The monoisotopic (exact) mass is 344 g/mol. The van der Waals surface area contributed by atoms with Gasteiger partial charge in [-0.3, -0.25) is 4.98 Å². The smallest absolute Gasteiger partial charge is 0.153 e. The van der Waals surface area contributed by atoms with E-state index in [-0.39, 0.29) is 0 Å². The van der Waals surface area contributed by atoms with Gasteiger partial charge in [-0.05, 0) is 58.4 Å². The lowest BCUT2D eigenvalue weighted by atomic mass is 10.1. The van der Waals surface area contributed by atoms with Crippen LogP contribution in [0, 0.1) is 0 Å². The maximum atomic E-state index is 5.96. The fourth-order valence-electron chi connectivity index (χ4n) is 2.06. The summed E-state index contributed by atoms with van der Waals surface area (Å²) in [5.74, 6) is 2.10. The minimum absolute atomic E-state index is 0.658. The van der Waals surface area contributed by atoms with E-state index in [1.807, 2.05) is 42.5 Å². The highest BCUT2D eigenvalue weighted by Gasteiger charge is 2.09. The minimum atomic E-state index is 0.658. The van der Waals surface area contributed by atoms with Crippen LogP contribution < -0.4 is 15.2 Å². The number of rotatable bonds is 3. The maximum Gasteiger partial charge on any atom is 0.153 e. The van der Waals surface area contributed by atoms with Crippen LogP contribution in [0.2, 0.25) is 0 Å². The van der Waals surface area contributed by atoms with Crippen LogP contribution in [0.25, 0.3) is 10.9 Å². The van der Waals surface area contributed by atoms with E-state index in [9.17, 15) is 0 Å². The third-order valence-corrected chi connectivity index (χ3v) is 3.75. The number of nitrogens with zero attached hydrogens (tertiary/aromatic N) is 1. The Morgan fingerprint density at radius 1 is 1.10 bits per heavy atom. The molecular weight excluding hydrogens is 332 g/mol. The first-order valence-electron chi connectivity index (χ1n) is 6.33. The number of halogens is 1. The number of hydrogen-bond donors (Lipinski definition) is 1. The van der Waals surface area contributed by atoms with Gasteiger partial charge in [-0.1, -0.05) is 0 Å². The number of nitrogen functional groups attached to an aromatic ring is 1. The molecule has 0 aliphatic carbocycles. The van der Waals surface area contributed by atoms with Crippen molar-refractivity contribution >= 4 is 32.5 Å². The average Bonchev–Trinajstić information content (AvgIpc) is 2.52. The van der Waals surface area contributed by atoms with Gasteiger partial charge in [0.05, 0.1) is 11.6 Å². The highest BCUT2D eigenvalue weighted by molar-refractivity contribution is 9.10. The van der Waals surface area contributed by atoms with Crippen molar-refractivity contribution in [1.29, 1.82) is 0 Å². The normalized spacial score (nSPS) is 10.6. The van der Waals surface area contributed by atoms with E-state index in [1.165, 1.54) is 0 Å². The molecule has 0 aliphatic heterocycles. The summed E-state index contributed by atoms with van der Waals surface area (Å²) >= 11 is 3.47. The van der Waals surface area contributed by atoms with Crippen molar-refractivity contribution in [3.8, 4) is 17.2 Å². The lowest BCUT2D eigenvalue weighted by Gasteiger charge is -2.11. The van der Waals surface area contributed by atoms with Crippen molar-refractivity contribution in [1.82, 2.24) is 4.98 Å². The van der Waals surface area contributed by atoms with Crippen molar-refractivity contribution in [2.45, 2.75) is 0 Å². The summed E-state index contributed by atoms with van der Waals surface area (Å²) in [5.41, 5.74) is 7.38. The second-order valence-corrected chi connectivity index (χ2v) is 5.31. The Kier molecular flexibility index (Phi) is 3.66. The molecule has 5 heteroatoms. The Labute approximate surface area is 130 Å². The van der Waals surface area contributed by atoms with Gasteiger partial charge in [-0.25, -0.2) is 0 Å². The Bertz CT molecular complexity index is 805. The summed E-state index contributed by atoms with van der Waals surface area (Å²) in [6.07, 6.45) is 1.72. The van der Waals surface area contributed by atoms with Crippen molar-refractivity contribution in [2.24, 2.45) is 0 Å². The Morgan fingerprint density at radius 3 is 2.67 bits per heavy atom. The zero-order chi connectivity index (χ0) is 14.8. The lowest BCUT2D eigenvalue weighted by Crippen LogP contribution is -1.93. The topological polar surface area (TPSA) is 57.4 Å². The molecule has 0 saturated heterocycles. The summed E-state index contributed by atoms with van der Waals surface area (Å²) in [6, 6.07) is 12.9. The van der Waals surface area contributed by atoms with Crippen molar-refractivity contribution < 1.29 is 9.47 Å². The number of methoxy groups -OCH3 is 1. The van der Waals surface area contributed by atoms with Gasteiger partial charge in [0.2, 0.25) is 0 Å². The van der Waals surface area contributed by atoms with Gasteiger partial charge in [-0.15, -0.1) is 0 Å². The van der Waals surface area contributed by atoms with Crippen molar-refractivity contribution in [3.05, 3.63) is 53.1 Å². The van der Waals surface area contributed by atoms with Crippen LogP contribution in [0.3, 0.4) is 0 Å². The zero-order valence-corrected chi connectivity index (χ0v) is 12.9. The predicted octanol–water partition coefficient (Wildman–Crippen LogP) is 4.38. The molecule has 0 spiro atoms. The fraction of sp³-hybridized carbons (Fsp3) is 0.0625. The molecule has 2 N–H and O–H groups in total. The minimum Gasteiger partial charge on any atom is -0.497 e. The molecule has 3 aromatic rings. The molecule has 1 heterocycles. The van der Waals surface area contributed by atoms with Gasteiger partial charge in [0, 0.05) is 17.3 Å². The molecule has 2 aromatic carbocycles. The molecule has 0 radical (unpaired) electrons. The lowest BCUT2D eigenvalue weighted by molar-refractivity contribution is 0.412. The van der Waals surface area contributed by atoms with Gasteiger partial charge in [-0.2, -0.15) is 0 Å². The largest absolute Gasteiger partial charge is 0.497 e. The van der Waals surface area contributed by atoms with Crippen LogP contribution in [0.1, 0.15) is 0 Å². The third kappa shape index (κ3) is 2.64. The molecule has 1 aromatic heterocycles. The first-order chi connectivity index (χ1) is 10.2. The highest BCUT2D eigenvalue weighted by Crippen LogP contribution is 2.36. The Morgan fingerprint density at radius 2 is 1.90 bits per heavy atom. The number of hydrogen-bond acceptors (Lipinski definition) is 4. The van der Waals surface area contributed by atoms with E-state index in [0.717, 1.165) is 21.1 Å². The highest BCUT2D eigenvalue weighted by atomic mass is 79.9. The summed E-state index contributed by atoms with van der Waals surface area (Å²) in [5, 5.41) is 0.875. The zero-order valence-electron chi connectivity index (χ0n) is 11.3. The molecule has 4 nitrogen and oxygen atoms in total. The van der Waals surface area contributed by atoms with E-state index < -0.39 is 0 Å². The molecule has 0 aliphatic rings. The van der Waals surface area contributed by atoms with Crippen LogP contribution in [0.4, 0.5) is 5.69 Å². The number of nitrogens with two attached hydrogens (primary N) is 1. The number of benzene rings is 2. The molecule has 0 atom stereocenters. The predicted molar refractivity (Wildman–Crippen MR) is 86.9 cm³/mol. The van der Waals surface area contributed by atoms with Gasteiger partial charge >= 0.3 is 0 Å². The summed E-state index contributed by atoms with van der Waals surface area (Å²) in [7, 11) is 1.62. The van der Waals surface area contributed by atoms with Crippen LogP contribution in [-0.4, -0.2) is 12.1 Å². The van der Waals surface area contributed by atoms with Crippen LogP contribution in [0.15, 0.2) is 53.1 Å². The van der Waals surface area contributed by atoms with Crippen molar-refractivity contribution in [2.75, 3.05) is 12.8 Å². The van der Waals surface area contributed by atoms with Crippen LogP contribution in [0.5, 0.6) is 17.2 Å². The molecule has 0 unspecified atom stereocenters. The van der Waals surface area contributed by atoms with Crippen molar-refractivity contribution in [3.63, 3.8) is 0 Å². The molecule has 106 valence electrons. The molecule has 21 heavy (non-hydrogen) atoms. The van der Waals surface area contributed by atoms with Gasteiger partial charge < -0.3 is 15.2 Å². The number of ether oxygens (including phenoxy) is 2. The van der Waals surface area contributed by atoms with E-state index >= 15 is 0 Å². The summed E-state index contributed by atoms with van der Waals surface area (Å²) in [4.78, 5) is 4.36. The quantitative estimate of drug-likeness (QED) is 0.716. The average molecular weight is 345 g/mol. The van der Waals surface area contributed by atoms with Gasteiger partial charge in [0.15, 0.2) is 5.75 Å². The number of fused-ring (bicyclic) bond motifs is 1. The van der Waals surface area contributed by atoms with E-state index in [2.05, 4.69) is 20.9 Å². The maximum absolute atomic E-state index is 5.96. The van der Waals surface area contributed by atoms with E-state index in [4.69, 9.17) is 15.2 Å². The molecule has 0 amide bonds. The first kappa shape index (κ1) is 13.7. The van der Waals surface area contributed by atoms with E-state index in [0.29, 0.717) is 17.2 Å². The standard InChI is InChI=1S/C16H13BrN2O2/c1-20-10-4-6-14(12(17)9-10)21-15-7-5-13(18)11-3-2-8-19-16(11)15/h2-9H,18H2,1H3. The second-order valence-electron chi connectivity index (χ2n) is 4.45. The SMILES string of the molecule is COc1ccc(Oc2ccc(N)c3cccnc23)c(Br)c1. The summed E-state index contributed by atoms with van der Waals surface area (Å²) < 4.78 is 11.9. The molecule has 0 saturated carbocycles. The summed E-state index contributed by atoms with van der Waals surface area (Å²) in [6.45, 7) is 0. The molecular formula is C16H13BrN2O2. The van der Waals surface area contributed by atoms with E-state index in [1.54, 1.807) is 13.3 Å². The number of pyridine rings is 1. The molecule has 0 bridgehead atoms.